The Labute approximate surface area is 86.9 Å². The Morgan fingerprint density at radius 1 is 1.64 bits per heavy atom. The summed E-state index contributed by atoms with van der Waals surface area (Å²) < 4.78 is 0. The van der Waals surface area contributed by atoms with Crippen molar-refractivity contribution >= 4 is 0 Å². The molecule has 1 N–H and O–H groups in total. The summed E-state index contributed by atoms with van der Waals surface area (Å²) in [6.07, 6.45) is 7.67. The number of rotatable bonds is 3. The molecule has 1 aliphatic carbocycles. The van der Waals surface area contributed by atoms with E-state index < -0.39 is 6.10 Å². The summed E-state index contributed by atoms with van der Waals surface area (Å²) in [5.74, 6) is 0. The van der Waals surface area contributed by atoms with Gasteiger partial charge in [-0.15, -0.1) is 6.58 Å². The molecule has 0 aromatic heterocycles. The van der Waals surface area contributed by atoms with Crippen LogP contribution in [0.2, 0.25) is 0 Å². The minimum atomic E-state index is -0.431. The lowest BCUT2D eigenvalue weighted by atomic mass is 9.70. The Morgan fingerprint density at radius 3 is 2.79 bits per heavy atom. The first kappa shape index (κ1) is 11.5. The zero-order chi connectivity index (χ0) is 10.8. The van der Waals surface area contributed by atoms with Crippen molar-refractivity contribution < 1.29 is 5.11 Å². The number of hydrogen-bond donors (Lipinski definition) is 1. The molecule has 1 rings (SSSR count). The Hall–Kier alpha value is -0.600. The van der Waals surface area contributed by atoms with Crippen LogP contribution in [0, 0.1) is 5.41 Å². The fourth-order valence-electron chi connectivity index (χ4n) is 2.34. The molecule has 1 aliphatic rings. The number of nitrogens with zero attached hydrogens (tertiary/aromatic N) is 1. The smallest absolute Gasteiger partial charge is 0.0790 e. The van der Waals surface area contributed by atoms with Crippen LogP contribution in [-0.4, -0.2) is 36.2 Å². The molecule has 0 aliphatic heterocycles. The van der Waals surface area contributed by atoms with Crippen LogP contribution in [0.1, 0.15) is 19.8 Å². The molecule has 80 valence electrons. The van der Waals surface area contributed by atoms with Gasteiger partial charge in [-0.1, -0.05) is 25.2 Å². The lowest BCUT2D eigenvalue weighted by Crippen LogP contribution is -2.49. The van der Waals surface area contributed by atoms with Crippen molar-refractivity contribution in [1.29, 1.82) is 0 Å². The number of aliphatic hydroxyl groups is 1. The molecule has 3 atom stereocenters. The Morgan fingerprint density at radius 2 is 2.29 bits per heavy atom. The van der Waals surface area contributed by atoms with E-state index in [-0.39, 0.29) is 5.41 Å². The maximum Gasteiger partial charge on any atom is 0.0790 e. The minimum absolute atomic E-state index is 0.0972. The van der Waals surface area contributed by atoms with Crippen molar-refractivity contribution in [3.63, 3.8) is 0 Å². The van der Waals surface area contributed by atoms with Crippen molar-refractivity contribution in [2.75, 3.05) is 14.1 Å². The molecule has 14 heavy (non-hydrogen) atoms. The van der Waals surface area contributed by atoms with E-state index in [4.69, 9.17) is 0 Å². The third-order valence-electron chi connectivity index (χ3n) is 3.30. The van der Waals surface area contributed by atoms with Crippen molar-refractivity contribution in [2.45, 2.75) is 31.9 Å². The monoisotopic (exact) mass is 195 g/mol. The van der Waals surface area contributed by atoms with Gasteiger partial charge in [-0.2, -0.15) is 0 Å². The Balaban J connectivity index is 2.93. The quantitative estimate of drug-likeness (QED) is 0.694. The van der Waals surface area contributed by atoms with Gasteiger partial charge in [0.15, 0.2) is 0 Å². The first-order valence-electron chi connectivity index (χ1n) is 5.16. The molecule has 0 amide bonds. The average Bonchev–Trinajstić information content (AvgIpc) is 2.16. The van der Waals surface area contributed by atoms with Crippen LogP contribution < -0.4 is 0 Å². The van der Waals surface area contributed by atoms with Gasteiger partial charge in [-0.25, -0.2) is 0 Å². The second kappa shape index (κ2) is 4.28. The largest absolute Gasteiger partial charge is 0.388 e. The van der Waals surface area contributed by atoms with E-state index in [2.05, 4.69) is 30.6 Å². The molecule has 0 spiro atoms. The van der Waals surface area contributed by atoms with Gasteiger partial charge in [0.25, 0.3) is 0 Å². The lowest BCUT2D eigenvalue weighted by molar-refractivity contribution is 0.0146. The van der Waals surface area contributed by atoms with Gasteiger partial charge in [-0.05, 0) is 26.9 Å². The summed E-state index contributed by atoms with van der Waals surface area (Å²) in [6, 6.07) is 0.296. The SMILES string of the molecule is C=C[C@H](O)[C@@]1(C)CCC=C[C@H]1N(C)C. The van der Waals surface area contributed by atoms with Gasteiger partial charge in [0, 0.05) is 11.5 Å². The number of aliphatic hydroxyl groups excluding tert-OH is 1. The number of allylic oxidation sites excluding steroid dienone is 1. The average molecular weight is 195 g/mol. The molecular weight excluding hydrogens is 174 g/mol. The predicted molar refractivity (Wildman–Crippen MR) is 60.2 cm³/mol. The van der Waals surface area contributed by atoms with Crippen LogP contribution in [-0.2, 0) is 0 Å². The Kier molecular flexibility index (Phi) is 3.51. The maximum atomic E-state index is 9.98. The minimum Gasteiger partial charge on any atom is -0.388 e. The first-order valence-corrected chi connectivity index (χ1v) is 5.16. The Bertz CT molecular complexity index is 234. The zero-order valence-corrected chi connectivity index (χ0v) is 9.40. The van der Waals surface area contributed by atoms with E-state index in [9.17, 15) is 5.11 Å². The highest BCUT2D eigenvalue weighted by atomic mass is 16.3. The van der Waals surface area contributed by atoms with Crippen molar-refractivity contribution in [3.8, 4) is 0 Å². The second-order valence-corrected chi connectivity index (χ2v) is 4.56. The summed E-state index contributed by atoms with van der Waals surface area (Å²) in [5, 5.41) is 9.98. The van der Waals surface area contributed by atoms with E-state index in [1.54, 1.807) is 6.08 Å². The highest BCUT2D eigenvalue weighted by molar-refractivity contribution is 5.12. The molecule has 0 radical (unpaired) electrons. The summed E-state index contributed by atoms with van der Waals surface area (Å²) in [6.45, 7) is 5.81. The molecule has 0 saturated heterocycles. The van der Waals surface area contributed by atoms with Gasteiger partial charge in [-0.3, -0.25) is 0 Å². The summed E-state index contributed by atoms with van der Waals surface area (Å²) in [5.41, 5.74) is -0.0972. The molecule has 0 aromatic carbocycles. The van der Waals surface area contributed by atoms with E-state index in [0.717, 1.165) is 12.8 Å². The first-order chi connectivity index (χ1) is 6.52. The fourth-order valence-corrected chi connectivity index (χ4v) is 2.34. The van der Waals surface area contributed by atoms with E-state index in [1.807, 2.05) is 14.1 Å². The zero-order valence-electron chi connectivity index (χ0n) is 9.40. The predicted octanol–water partition coefficient (Wildman–Crippen LogP) is 1.82. The maximum absolute atomic E-state index is 9.98. The molecule has 2 heteroatoms. The van der Waals surface area contributed by atoms with Gasteiger partial charge in [0.05, 0.1) is 6.10 Å². The molecular formula is C12H21NO. The normalized spacial score (nSPS) is 34.5. The molecule has 0 heterocycles. The third kappa shape index (κ3) is 1.91. The van der Waals surface area contributed by atoms with Crippen LogP contribution in [0.4, 0.5) is 0 Å². The van der Waals surface area contributed by atoms with Crippen LogP contribution >= 0.6 is 0 Å². The van der Waals surface area contributed by atoms with Crippen LogP contribution in [0.5, 0.6) is 0 Å². The van der Waals surface area contributed by atoms with Crippen LogP contribution in [0.3, 0.4) is 0 Å². The highest BCUT2D eigenvalue weighted by Crippen LogP contribution is 2.38. The van der Waals surface area contributed by atoms with Gasteiger partial charge in [0.1, 0.15) is 0 Å². The van der Waals surface area contributed by atoms with Crippen LogP contribution in [0.15, 0.2) is 24.8 Å². The molecule has 0 fully saturated rings. The second-order valence-electron chi connectivity index (χ2n) is 4.56. The van der Waals surface area contributed by atoms with Crippen molar-refractivity contribution in [2.24, 2.45) is 5.41 Å². The van der Waals surface area contributed by atoms with Crippen molar-refractivity contribution in [1.82, 2.24) is 4.90 Å². The van der Waals surface area contributed by atoms with Gasteiger partial charge in [0.2, 0.25) is 0 Å². The standard InChI is InChI=1S/C12H21NO/c1-5-11(14)12(2)9-7-6-8-10(12)13(3)4/h5-6,8,10-11,14H,1,7,9H2,2-4H3/t10-,11+,12+/m1/s1. The summed E-state index contributed by atoms with van der Waals surface area (Å²) in [4.78, 5) is 2.16. The topological polar surface area (TPSA) is 23.5 Å². The summed E-state index contributed by atoms with van der Waals surface area (Å²) >= 11 is 0. The van der Waals surface area contributed by atoms with Crippen molar-refractivity contribution in [3.05, 3.63) is 24.8 Å². The van der Waals surface area contributed by atoms with Gasteiger partial charge >= 0.3 is 0 Å². The third-order valence-corrected chi connectivity index (χ3v) is 3.30. The lowest BCUT2D eigenvalue weighted by Gasteiger charge is -2.44. The molecule has 2 nitrogen and oxygen atoms in total. The number of hydrogen-bond acceptors (Lipinski definition) is 2. The summed E-state index contributed by atoms with van der Waals surface area (Å²) in [7, 11) is 4.10. The fraction of sp³-hybridized carbons (Fsp3) is 0.667. The van der Waals surface area contributed by atoms with E-state index in [0.29, 0.717) is 6.04 Å². The number of likely N-dealkylation sites (N-methyl/N-ethyl adjacent to an activating group) is 1. The van der Waals surface area contributed by atoms with Crippen LogP contribution in [0.25, 0.3) is 0 Å². The van der Waals surface area contributed by atoms with Gasteiger partial charge < -0.3 is 10.0 Å². The van der Waals surface area contributed by atoms with E-state index in [1.165, 1.54) is 0 Å². The van der Waals surface area contributed by atoms with E-state index >= 15 is 0 Å². The molecule has 0 unspecified atom stereocenters. The molecule has 0 saturated carbocycles. The highest BCUT2D eigenvalue weighted by Gasteiger charge is 2.40. The molecule has 0 bridgehead atoms. The molecule has 0 aromatic rings.